The fourth-order valence-corrected chi connectivity index (χ4v) is 3.58. The second kappa shape index (κ2) is 7.10. The largest absolute Gasteiger partial charge is 0.483 e. The molecule has 0 aliphatic carbocycles. The fraction of sp³-hybridized carbons (Fsp3) is 0.438. The van der Waals surface area contributed by atoms with Gasteiger partial charge in [-0.1, -0.05) is 29.8 Å². The van der Waals surface area contributed by atoms with Crippen LogP contribution in [0.5, 0.6) is 0 Å². The third-order valence-corrected chi connectivity index (χ3v) is 4.73. The minimum absolute atomic E-state index is 0.250. The van der Waals surface area contributed by atoms with Crippen molar-refractivity contribution < 1.29 is 14.6 Å². The van der Waals surface area contributed by atoms with Gasteiger partial charge in [-0.25, -0.2) is 9.67 Å². The fourth-order valence-electron chi connectivity index (χ4n) is 3.38. The molecule has 2 aromatic rings. The van der Waals surface area contributed by atoms with Crippen LogP contribution in [0.3, 0.4) is 0 Å². The Morgan fingerprint density at radius 2 is 2.17 bits per heavy atom. The van der Waals surface area contributed by atoms with Crippen molar-refractivity contribution in [1.82, 2.24) is 14.8 Å². The van der Waals surface area contributed by atoms with E-state index in [0.29, 0.717) is 24.7 Å². The summed E-state index contributed by atoms with van der Waals surface area (Å²) in [6.45, 7) is 0.420. The van der Waals surface area contributed by atoms with Gasteiger partial charge in [-0.15, -0.1) is 0 Å². The number of hydrogen-bond donors (Lipinski definition) is 1. The van der Waals surface area contributed by atoms with Crippen LogP contribution in [0.4, 0.5) is 0 Å². The first-order valence-electron chi connectivity index (χ1n) is 7.57. The van der Waals surface area contributed by atoms with Crippen LogP contribution in [-0.2, 0) is 16.1 Å². The zero-order valence-electron chi connectivity index (χ0n) is 12.5. The quantitative estimate of drug-likeness (QED) is 0.873. The highest BCUT2D eigenvalue weighted by molar-refractivity contribution is 6.31. The highest BCUT2D eigenvalue weighted by Crippen LogP contribution is 2.43. The molecular weight excluding hydrogens is 318 g/mol. The lowest BCUT2D eigenvalue weighted by molar-refractivity contribution is -0.122. The van der Waals surface area contributed by atoms with E-state index in [9.17, 15) is 0 Å². The molecule has 4 rings (SSSR count). The summed E-state index contributed by atoms with van der Waals surface area (Å²) in [7, 11) is 0. The highest BCUT2D eigenvalue weighted by atomic mass is 35.5. The molecule has 6 nitrogen and oxygen atoms in total. The predicted molar refractivity (Wildman–Crippen MR) is 84.5 cm³/mol. The van der Waals surface area contributed by atoms with Crippen molar-refractivity contribution in [1.29, 1.82) is 0 Å². The molecule has 0 radical (unpaired) electrons. The van der Waals surface area contributed by atoms with Crippen molar-refractivity contribution >= 4 is 18.1 Å². The molecule has 2 bridgehead atoms. The van der Waals surface area contributed by atoms with Crippen LogP contribution in [0.15, 0.2) is 30.6 Å². The Morgan fingerprint density at radius 3 is 2.83 bits per heavy atom. The Labute approximate surface area is 139 Å². The van der Waals surface area contributed by atoms with E-state index in [2.05, 4.69) is 10.1 Å². The Morgan fingerprint density at radius 1 is 1.39 bits per heavy atom. The number of rotatable bonds is 3. The van der Waals surface area contributed by atoms with Crippen molar-refractivity contribution in [2.45, 2.75) is 43.9 Å². The zero-order valence-corrected chi connectivity index (χ0v) is 13.3. The van der Waals surface area contributed by atoms with E-state index < -0.39 is 0 Å². The SMILES string of the molecule is Clc1ccccc1Cn1ncnc1[C@H]1C[C@@H]2CC[C@H]1O2.O=CO. The lowest BCUT2D eigenvalue weighted by atomic mass is 9.88. The number of nitrogens with zero attached hydrogens (tertiary/aromatic N) is 3. The van der Waals surface area contributed by atoms with Gasteiger partial charge in [-0.2, -0.15) is 5.10 Å². The molecule has 2 fully saturated rings. The average molecular weight is 336 g/mol. The first-order chi connectivity index (χ1) is 11.2. The Kier molecular flexibility index (Phi) is 4.93. The molecule has 1 N–H and O–H groups in total. The number of aromatic nitrogens is 3. The minimum Gasteiger partial charge on any atom is -0.483 e. The van der Waals surface area contributed by atoms with Gasteiger partial charge in [0.2, 0.25) is 0 Å². The molecule has 2 aliphatic rings. The highest BCUT2D eigenvalue weighted by Gasteiger charge is 2.43. The maximum Gasteiger partial charge on any atom is 0.290 e. The number of hydrogen-bond acceptors (Lipinski definition) is 4. The van der Waals surface area contributed by atoms with Crippen LogP contribution in [0, 0.1) is 0 Å². The van der Waals surface area contributed by atoms with Crippen molar-refractivity contribution in [3.05, 3.63) is 47.0 Å². The Hall–Kier alpha value is -1.92. The first kappa shape index (κ1) is 16.0. The third-order valence-electron chi connectivity index (χ3n) is 4.36. The lowest BCUT2D eigenvalue weighted by Crippen LogP contribution is -2.20. The number of ether oxygens (including phenoxy) is 1. The topological polar surface area (TPSA) is 77.2 Å². The van der Waals surface area contributed by atoms with E-state index in [-0.39, 0.29) is 6.47 Å². The van der Waals surface area contributed by atoms with Crippen LogP contribution in [-0.4, -0.2) is 38.6 Å². The number of fused-ring (bicyclic) bond motifs is 2. The van der Waals surface area contributed by atoms with Crippen molar-refractivity contribution in [2.75, 3.05) is 0 Å². The van der Waals surface area contributed by atoms with Gasteiger partial charge in [0.1, 0.15) is 12.2 Å². The average Bonchev–Trinajstić information content (AvgIpc) is 3.26. The molecule has 2 aliphatic heterocycles. The third kappa shape index (κ3) is 3.38. The molecule has 0 spiro atoms. The number of benzene rings is 1. The molecule has 3 heterocycles. The van der Waals surface area contributed by atoms with Crippen LogP contribution < -0.4 is 0 Å². The molecule has 23 heavy (non-hydrogen) atoms. The van der Waals surface area contributed by atoms with Gasteiger partial charge in [-0.3, -0.25) is 4.79 Å². The van der Waals surface area contributed by atoms with Gasteiger partial charge in [0.05, 0.1) is 18.8 Å². The van der Waals surface area contributed by atoms with E-state index in [4.69, 9.17) is 26.2 Å². The number of carboxylic acid groups (broad SMARTS) is 1. The summed E-state index contributed by atoms with van der Waals surface area (Å²) in [5.41, 5.74) is 1.07. The molecule has 0 amide bonds. The summed E-state index contributed by atoms with van der Waals surface area (Å²) in [6, 6.07) is 7.88. The molecule has 1 aromatic heterocycles. The standard InChI is InChI=1S/C15H16ClN3O.CH2O2/c16-13-4-2-1-3-10(13)8-19-15(17-9-18-19)12-7-11-5-6-14(12)20-11;2-1-3/h1-4,9,11-12,14H,5-8H2;1H,(H,2,3)/t11-,12-,14+;/m0./s1. The summed E-state index contributed by atoms with van der Waals surface area (Å²) in [6.07, 6.45) is 5.81. The molecule has 2 saturated heterocycles. The molecule has 122 valence electrons. The number of halogens is 1. The lowest BCUT2D eigenvalue weighted by Gasteiger charge is -2.18. The first-order valence-corrected chi connectivity index (χ1v) is 7.95. The summed E-state index contributed by atoms with van der Waals surface area (Å²) in [5, 5.41) is 12.0. The van der Waals surface area contributed by atoms with Crippen molar-refractivity contribution in [3.8, 4) is 0 Å². The monoisotopic (exact) mass is 335 g/mol. The zero-order chi connectivity index (χ0) is 16.2. The minimum atomic E-state index is -0.250. The molecular formula is C16H18ClN3O3. The van der Waals surface area contributed by atoms with Crippen LogP contribution in [0.25, 0.3) is 0 Å². The molecule has 3 atom stereocenters. The second-order valence-corrected chi connectivity index (χ2v) is 6.10. The van der Waals surface area contributed by atoms with Gasteiger partial charge in [0.25, 0.3) is 6.47 Å². The van der Waals surface area contributed by atoms with Gasteiger partial charge >= 0.3 is 0 Å². The molecule has 0 unspecified atom stereocenters. The maximum absolute atomic E-state index is 8.36. The molecule has 0 saturated carbocycles. The van der Waals surface area contributed by atoms with Crippen molar-refractivity contribution in [3.63, 3.8) is 0 Å². The maximum atomic E-state index is 8.36. The summed E-state index contributed by atoms with van der Waals surface area (Å²) >= 11 is 6.23. The van der Waals surface area contributed by atoms with E-state index in [0.717, 1.165) is 29.3 Å². The van der Waals surface area contributed by atoms with E-state index in [1.54, 1.807) is 6.33 Å². The summed E-state index contributed by atoms with van der Waals surface area (Å²) < 4.78 is 7.90. The van der Waals surface area contributed by atoms with E-state index in [1.165, 1.54) is 6.42 Å². The van der Waals surface area contributed by atoms with Crippen molar-refractivity contribution in [2.24, 2.45) is 0 Å². The van der Waals surface area contributed by atoms with Crippen LogP contribution >= 0.6 is 11.6 Å². The van der Waals surface area contributed by atoms with E-state index >= 15 is 0 Å². The second-order valence-electron chi connectivity index (χ2n) is 5.69. The summed E-state index contributed by atoms with van der Waals surface area (Å²) in [4.78, 5) is 12.8. The van der Waals surface area contributed by atoms with Crippen LogP contribution in [0.1, 0.15) is 36.6 Å². The van der Waals surface area contributed by atoms with E-state index in [1.807, 2.05) is 28.9 Å². The molecule has 7 heteroatoms. The van der Waals surface area contributed by atoms with Crippen LogP contribution in [0.2, 0.25) is 5.02 Å². The van der Waals surface area contributed by atoms with Gasteiger partial charge < -0.3 is 9.84 Å². The smallest absolute Gasteiger partial charge is 0.290 e. The van der Waals surface area contributed by atoms with Gasteiger partial charge in [-0.05, 0) is 30.9 Å². The molecule has 1 aromatic carbocycles. The normalized spacial score (nSPS) is 25.0. The Balaban J connectivity index is 0.000000485. The predicted octanol–water partition coefficient (Wildman–Crippen LogP) is 2.72. The summed E-state index contributed by atoms with van der Waals surface area (Å²) in [5.74, 6) is 1.43. The van der Waals surface area contributed by atoms with Gasteiger partial charge in [0, 0.05) is 10.9 Å². The number of carbonyl (C=O) groups is 1. The Bertz CT molecular complexity index is 676. The van der Waals surface area contributed by atoms with Gasteiger partial charge in [0.15, 0.2) is 0 Å².